The lowest BCUT2D eigenvalue weighted by molar-refractivity contribution is 0.0657. The maximum absolute atomic E-state index is 5.27. The monoisotopic (exact) mass is 173 g/mol. The Morgan fingerprint density at radius 1 is 1.42 bits per heavy atom. The molecule has 0 bridgehead atoms. The first-order valence-corrected chi connectivity index (χ1v) is 4.71. The van der Waals surface area contributed by atoms with Gasteiger partial charge in [0.1, 0.15) is 0 Å². The van der Waals surface area contributed by atoms with Crippen LogP contribution in [0.15, 0.2) is 0 Å². The molecule has 1 aliphatic heterocycles. The van der Waals surface area contributed by atoms with E-state index in [0.29, 0.717) is 0 Å². The van der Waals surface area contributed by atoms with Crippen molar-refractivity contribution in [1.29, 1.82) is 0 Å². The van der Waals surface area contributed by atoms with Crippen LogP contribution in [0.4, 0.5) is 0 Å². The van der Waals surface area contributed by atoms with Crippen molar-refractivity contribution in [2.75, 3.05) is 40.0 Å². The van der Waals surface area contributed by atoms with Crippen LogP contribution in [0, 0.1) is 5.92 Å². The highest BCUT2D eigenvalue weighted by molar-refractivity contribution is 4.65. The molecule has 12 heavy (non-hydrogen) atoms. The van der Waals surface area contributed by atoms with Crippen LogP contribution in [0.25, 0.3) is 0 Å². The highest BCUT2D eigenvalue weighted by atomic mass is 16.5. The van der Waals surface area contributed by atoms with Gasteiger partial charge in [-0.1, -0.05) is 0 Å². The van der Waals surface area contributed by atoms with E-state index in [1.54, 1.807) is 7.11 Å². The van der Waals surface area contributed by atoms with E-state index < -0.39 is 0 Å². The summed E-state index contributed by atoms with van der Waals surface area (Å²) in [5, 5.41) is 3.38. The molecule has 1 aliphatic rings. The number of nitrogens with one attached hydrogen (secondary N) is 1. The minimum Gasteiger partial charge on any atom is -0.383 e. The summed E-state index contributed by atoms with van der Waals surface area (Å²) in [6, 6.07) is 0. The fourth-order valence-electron chi connectivity index (χ4n) is 1.43. The summed E-state index contributed by atoms with van der Waals surface area (Å²) >= 11 is 0. The largest absolute Gasteiger partial charge is 0.383 e. The molecular formula is C9H19NO2. The van der Waals surface area contributed by atoms with Crippen LogP contribution in [0.5, 0.6) is 0 Å². The van der Waals surface area contributed by atoms with E-state index in [-0.39, 0.29) is 0 Å². The summed E-state index contributed by atoms with van der Waals surface area (Å²) in [4.78, 5) is 0. The lowest BCUT2D eigenvalue weighted by atomic mass is 10.0. The molecule has 1 fully saturated rings. The van der Waals surface area contributed by atoms with Crippen LogP contribution in [0.1, 0.15) is 12.8 Å². The Morgan fingerprint density at radius 2 is 2.17 bits per heavy atom. The van der Waals surface area contributed by atoms with Gasteiger partial charge in [-0.25, -0.2) is 0 Å². The second kappa shape index (κ2) is 6.40. The molecule has 1 rings (SSSR count). The third-order valence-electron chi connectivity index (χ3n) is 2.26. The van der Waals surface area contributed by atoms with E-state index in [1.807, 2.05) is 0 Å². The quantitative estimate of drug-likeness (QED) is 0.619. The Balaban J connectivity index is 1.91. The third kappa shape index (κ3) is 4.04. The second-order valence-corrected chi connectivity index (χ2v) is 3.25. The predicted molar refractivity (Wildman–Crippen MR) is 48.3 cm³/mol. The molecule has 3 nitrogen and oxygen atoms in total. The first-order chi connectivity index (χ1) is 5.93. The number of hydrogen-bond acceptors (Lipinski definition) is 3. The average molecular weight is 173 g/mol. The highest BCUT2D eigenvalue weighted by Gasteiger charge is 2.12. The first kappa shape index (κ1) is 9.96. The molecule has 0 aromatic rings. The predicted octanol–water partition coefficient (Wildman–Crippen LogP) is 0.649. The van der Waals surface area contributed by atoms with Crippen molar-refractivity contribution in [3.63, 3.8) is 0 Å². The van der Waals surface area contributed by atoms with Gasteiger partial charge in [-0.15, -0.1) is 0 Å². The van der Waals surface area contributed by atoms with Crippen LogP contribution in [0.2, 0.25) is 0 Å². The summed E-state index contributed by atoms with van der Waals surface area (Å²) in [6.07, 6.45) is 2.42. The summed E-state index contributed by atoms with van der Waals surface area (Å²) in [6.45, 7) is 4.77. The number of methoxy groups -OCH3 is 1. The lowest BCUT2D eigenvalue weighted by Crippen LogP contribution is -2.29. The zero-order valence-electron chi connectivity index (χ0n) is 7.84. The fraction of sp³-hybridized carbons (Fsp3) is 1.00. The van der Waals surface area contributed by atoms with Crippen molar-refractivity contribution in [3.05, 3.63) is 0 Å². The van der Waals surface area contributed by atoms with Crippen LogP contribution in [0.3, 0.4) is 0 Å². The Labute approximate surface area is 74.4 Å². The molecule has 1 saturated heterocycles. The molecule has 0 amide bonds. The fourth-order valence-corrected chi connectivity index (χ4v) is 1.43. The van der Waals surface area contributed by atoms with E-state index in [9.17, 15) is 0 Å². The van der Waals surface area contributed by atoms with Gasteiger partial charge >= 0.3 is 0 Å². The van der Waals surface area contributed by atoms with E-state index in [4.69, 9.17) is 9.47 Å². The maximum atomic E-state index is 5.27. The Morgan fingerprint density at radius 3 is 2.83 bits per heavy atom. The van der Waals surface area contributed by atoms with Gasteiger partial charge < -0.3 is 14.8 Å². The molecule has 0 saturated carbocycles. The normalized spacial score (nSPS) is 19.8. The van der Waals surface area contributed by atoms with Crippen LogP contribution in [-0.2, 0) is 9.47 Å². The van der Waals surface area contributed by atoms with Crippen molar-refractivity contribution in [1.82, 2.24) is 5.32 Å². The van der Waals surface area contributed by atoms with Crippen molar-refractivity contribution in [2.24, 2.45) is 5.92 Å². The molecule has 0 radical (unpaired) electrons. The number of rotatable bonds is 5. The standard InChI is InChI=1S/C9H19NO2/c1-11-7-4-10-8-9-2-5-12-6-3-9/h9-10H,2-8H2,1H3. The van der Waals surface area contributed by atoms with Gasteiger partial charge in [0, 0.05) is 26.9 Å². The van der Waals surface area contributed by atoms with E-state index in [0.717, 1.165) is 38.8 Å². The summed E-state index contributed by atoms with van der Waals surface area (Å²) < 4.78 is 10.2. The summed E-state index contributed by atoms with van der Waals surface area (Å²) in [5.41, 5.74) is 0. The summed E-state index contributed by atoms with van der Waals surface area (Å²) in [5.74, 6) is 0.815. The minimum atomic E-state index is 0.809. The molecule has 0 aromatic carbocycles. The smallest absolute Gasteiger partial charge is 0.0587 e. The molecule has 0 spiro atoms. The average Bonchev–Trinajstić information content (AvgIpc) is 2.14. The van der Waals surface area contributed by atoms with E-state index in [1.165, 1.54) is 12.8 Å². The van der Waals surface area contributed by atoms with Gasteiger partial charge in [0.05, 0.1) is 6.61 Å². The van der Waals surface area contributed by atoms with Gasteiger partial charge in [-0.2, -0.15) is 0 Å². The van der Waals surface area contributed by atoms with Crippen LogP contribution < -0.4 is 5.32 Å². The van der Waals surface area contributed by atoms with Crippen molar-refractivity contribution >= 4 is 0 Å². The zero-order chi connectivity index (χ0) is 8.65. The Kier molecular flexibility index (Phi) is 5.32. The van der Waals surface area contributed by atoms with Gasteiger partial charge in [0.15, 0.2) is 0 Å². The molecule has 0 atom stereocenters. The highest BCUT2D eigenvalue weighted by Crippen LogP contribution is 2.12. The molecule has 72 valence electrons. The molecule has 1 N–H and O–H groups in total. The molecule has 0 aliphatic carbocycles. The first-order valence-electron chi connectivity index (χ1n) is 4.71. The summed E-state index contributed by atoms with van der Waals surface area (Å²) in [7, 11) is 1.73. The Bertz CT molecular complexity index is 103. The van der Waals surface area contributed by atoms with Crippen LogP contribution in [-0.4, -0.2) is 40.0 Å². The topological polar surface area (TPSA) is 30.5 Å². The molecule has 0 aromatic heterocycles. The van der Waals surface area contributed by atoms with E-state index in [2.05, 4.69) is 5.32 Å². The SMILES string of the molecule is COCCNCC1CCOCC1. The zero-order valence-corrected chi connectivity index (χ0v) is 7.84. The molecule has 3 heteroatoms. The second-order valence-electron chi connectivity index (χ2n) is 3.25. The van der Waals surface area contributed by atoms with Crippen LogP contribution >= 0.6 is 0 Å². The number of hydrogen-bond donors (Lipinski definition) is 1. The maximum Gasteiger partial charge on any atom is 0.0587 e. The minimum absolute atomic E-state index is 0.809. The third-order valence-corrected chi connectivity index (χ3v) is 2.26. The van der Waals surface area contributed by atoms with Gasteiger partial charge in [-0.05, 0) is 25.3 Å². The van der Waals surface area contributed by atoms with Crippen molar-refractivity contribution < 1.29 is 9.47 Å². The lowest BCUT2D eigenvalue weighted by Gasteiger charge is -2.22. The molecular weight excluding hydrogens is 154 g/mol. The van der Waals surface area contributed by atoms with Crippen molar-refractivity contribution in [2.45, 2.75) is 12.8 Å². The van der Waals surface area contributed by atoms with Gasteiger partial charge in [0.2, 0.25) is 0 Å². The van der Waals surface area contributed by atoms with E-state index >= 15 is 0 Å². The number of ether oxygens (including phenoxy) is 2. The van der Waals surface area contributed by atoms with Gasteiger partial charge in [-0.3, -0.25) is 0 Å². The van der Waals surface area contributed by atoms with Crippen molar-refractivity contribution in [3.8, 4) is 0 Å². The molecule has 0 unspecified atom stereocenters. The molecule has 1 heterocycles. The van der Waals surface area contributed by atoms with Gasteiger partial charge in [0.25, 0.3) is 0 Å². The Hall–Kier alpha value is -0.120.